The van der Waals surface area contributed by atoms with E-state index in [1.807, 2.05) is 31.2 Å². The van der Waals surface area contributed by atoms with Gasteiger partial charge in [0.05, 0.1) is 0 Å². The first-order valence-corrected chi connectivity index (χ1v) is 6.42. The van der Waals surface area contributed by atoms with E-state index in [0.29, 0.717) is 5.56 Å². The monoisotopic (exact) mass is 269 g/mol. The number of benzene rings is 2. The largest absolute Gasteiger partial charge is 0.348 e. The smallest absolute Gasteiger partial charge is 0.244 e. The van der Waals surface area contributed by atoms with Crippen molar-refractivity contribution in [2.45, 2.75) is 13.5 Å². The summed E-state index contributed by atoms with van der Waals surface area (Å²) in [5.41, 5.74) is 2.57. The molecule has 0 unspecified atom stereocenters. The molecule has 102 valence electrons. The van der Waals surface area contributed by atoms with Gasteiger partial charge in [-0.25, -0.2) is 4.39 Å². The summed E-state index contributed by atoms with van der Waals surface area (Å²) in [6.45, 7) is 2.17. The Labute approximate surface area is 118 Å². The molecule has 0 aliphatic heterocycles. The Balaban J connectivity index is 1.93. The second-order valence-corrected chi connectivity index (χ2v) is 4.50. The van der Waals surface area contributed by atoms with E-state index in [4.69, 9.17) is 0 Å². The van der Waals surface area contributed by atoms with Gasteiger partial charge in [0.2, 0.25) is 5.91 Å². The standard InChI is InChI=1S/C17H16FNO/c1-13-6-2-3-7-14(13)10-11-17(20)19-12-15-8-4-5-9-16(15)18/h2-11H,12H2,1H3,(H,19,20)/b11-10+. The lowest BCUT2D eigenvalue weighted by atomic mass is 10.1. The SMILES string of the molecule is Cc1ccccc1/C=C/C(=O)NCc1ccccc1F. The lowest BCUT2D eigenvalue weighted by Crippen LogP contribution is -2.20. The number of carbonyl (C=O) groups is 1. The van der Waals surface area contributed by atoms with Gasteiger partial charge in [-0.05, 0) is 30.2 Å². The molecule has 0 fully saturated rings. The first-order valence-electron chi connectivity index (χ1n) is 6.42. The average molecular weight is 269 g/mol. The zero-order valence-electron chi connectivity index (χ0n) is 11.3. The molecule has 1 amide bonds. The van der Waals surface area contributed by atoms with Gasteiger partial charge in [-0.1, -0.05) is 42.5 Å². The summed E-state index contributed by atoms with van der Waals surface area (Å²) in [5, 5.41) is 2.66. The van der Waals surface area contributed by atoms with Crippen molar-refractivity contribution in [3.63, 3.8) is 0 Å². The molecule has 0 bridgehead atoms. The van der Waals surface area contributed by atoms with Crippen LogP contribution in [-0.4, -0.2) is 5.91 Å². The van der Waals surface area contributed by atoms with Gasteiger partial charge in [-0.15, -0.1) is 0 Å². The molecule has 2 aromatic carbocycles. The summed E-state index contributed by atoms with van der Waals surface area (Å²) in [4.78, 5) is 11.7. The van der Waals surface area contributed by atoms with Gasteiger partial charge in [0, 0.05) is 18.2 Å². The lowest BCUT2D eigenvalue weighted by Gasteiger charge is -2.04. The van der Waals surface area contributed by atoms with Gasteiger partial charge < -0.3 is 5.32 Å². The van der Waals surface area contributed by atoms with E-state index < -0.39 is 0 Å². The molecule has 0 heterocycles. The number of hydrogen-bond acceptors (Lipinski definition) is 1. The van der Waals surface area contributed by atoms with Gasteiger partial charge in [0.25, 0.3) is 0 Å². The fourth-order valence-electron chi connectivity index (χ4n) is 1.82. The number of amides is 1. The molecule has 2 aromatic rings. The van der Waals surface area contributed by atoms with Crippen LogP contribution in [0.15, 0.2) is 54.6 Å². The highest BCUT2D eigenvalue weighted by Crippen LogP contribution is 2.09. The fourth-order valence-corrected chi connectivity index (χ4v) is 1.82. The van der Waals surface area contributed by atoms with Crippen molar-refractivity contribution in [1.82, 2.24) is 5.32 Å². The second-order valence-electron chi connectivity index (χ2n) is 4.50. The normalized spacial score (nSPS) is 10.7. The first-order chi connectivity index (χ1) is 9.66. The van der Waals surface area contributed by atoms with Crippen LogP contribution in [-0.2, 0) is 11.3 Å². The molecule has 0 radical (unpaired) electrons. The minimum absolute atomic E-state index is 0.184. The number of nitrogens with one attached hydrogen (secondary N) is 1. The Morgan fingerprint density at radius 1 is 1.15 bits per heavy atom. The third-order valence-corrected chi connectivity index (χ3v) is 3.01. The maximum atomic E-state index is 13.4. The second kappa shape index (κ2) is 6.66. The van der Waals surface area contributed by atoms with Gasteiger partial charge in [-0.2, -0.15) is 0 Å². The molecule has 3 heteroatoms. The molecule has 0 saturated heterocycles. The highest BCUT2D eigenvalue weighted by atomic mass is 19.1. The molecule has 0 aliphatic rings. The highest BCUT2D eigenvalue weighted by Gasteiger charge is 2.02. The summed E-state index contributed by atoms with van der Waals surface area (Å²) in [7, 11) is 0. The van der Waals surface area contributed by atoms with Crippen molar-refractivity contribution in [3.8, 4) is 0 Å². The number of halogens is 1. The summed E-state index contributed by atoms with van der Waals surface area (Å²) in [5.74, 6) is -0.549. The minimum atomic E-state index is -0.310. The van der Waals surface area contributed by atoms with E-state index in [1.54, 1.807) is 24.3 Å². The molecule has 2 rings (SSSR count). The van der Waals surface area contributed by atoms with Crippen LogP contribution in [0.1, 0.15) is 16.7 Å². The van der Waals surface area contributed by atoms with E-state index in [9.17, 15) is 9.18 Å². The topological polar surface area (TPSA) is 29.1 Å². The Hall–Kier alpha value is -2.42. The first kappa shape index (κ1) is 14.0. The third-order valence-electron chi connectivity index (χ3n) is 3.01. The zero-order valence-corrected chi connectivity index (χ0v) is 11.3. The van der Waals surface area contributed by atoms with E-state index in [-0.39, 0.29) is 18.3 Å². The van der Waals surface area contributed by atoms with Gasteiger partial charge >= 0.3 is 0 Å². The average Bonchev–Trinajstić information content (AvgIpc) is 2.45. The van der Waals surface area contributed by atoms with Crippen LogP contribution in [0.25, 0.3) is 6.08 Å². The van der Waals surface area contributed by atoms with Crippen LogP contribution in [0.4, 0.5) is 4.39 Å². The Kier molecular flexibility index (Phi) is 4.66. The maximum Gasteiger partial charge on any atom is 0.244 e. The molecule has 0 aromatic heterocycles. The van der Waals surface area contributed by atoms with Crippen LogP contribution < -0.4 is 5.32 Å². The summed E-state index contributed by atoms with van der Waals surface area (Å²) < 4.78 is 13.4. The van der Waals surface area contributed by atoms with Gasteiger partial charge in [0.15, 0.2) is 0 Å². The van der Waals surface area contributed by atoms with Crippen molar-refractivity contribution < 1.29 is 9.18 Å². The van der Waals surface area contributed by atoms with Crippen LogP contribution in [0.5, 0.6) is 0 Å². The molecular weight excluding hydrogens is 253 g/mol. The van der Waals surface area contributed by atoms with Crippen LogP contribution in [0, 0.1) is 12.7 Å². The van der Waals surface area contributed by atoms with Crippen LogP contribution >= 0.6 is 0 Å². The third kappa shape index (κ3) is 3.79. The van der Waals surface area contributed by atoms with E-state index >= 15 is 0 Å². The molecule has 20 heavy (non-hydrogen) atoms. The van der Waals surface area contributed by atoms with E-state index in [0.717, 1.165) is 11.1 Å². The van der Waals surface area contributed by atoms with Crippen molar-refractivity contribution in [1.29, 1.82) is 0 Å². The maximum absolute atomic E-state index is 13.4. The van der Waals surface area contributed by atoms with Gasteiger partial charge in [-0.3, -0.25) is 4.79 Å². The van der Waals surface area contributed by atoms with Gasteiger partial charge in [0.1, 0.15) is 5.82 Å². The van der Waals surface area contributed by atoms with Crippen LogP contribution in [0.2, 0.25) is 0 Å². The molecule has 0 aliphatic carbocycles. The van der Waals surface area contributed by atoms with Crippen molar-refractivity contribution >= 4 is 12.0 Å². The molecule has 0 spiro atoms. The number of aryl methyl sites for hydroxylation is 1. The highest BCUT2D eigenvalue weighted by molar-refractivity contribution is 5.91. The Bertz CT molecular complexity index is 634. The Morgan fingerprint density at radius 3 is 2.60 bits per heavy atom. The van der Waals surface area contributed by atoms with Crippen molar-refractivity contribution in [2.75, 3.05) is 0 Å². The Morgan fingerprint density at radius 2 is 1.85 bits per heavy atom. The van der Waals surface area contributed by atoms with E-state index in [2.05, 4.69) is 5.32 Å². The van der Waals surface area contributed by atoms with Crippen LogP contribution in [0.3, 0.4) is 0 Å². The molecule has 2 nitrogen and oxygen atoms in total. The predicted octanol–water partition coefficient (Wildman–Crippen LogP) is 3.46. The summed E-state index contributed by atoms with van der Waals surface area (Å²) >= 11 is 0. The lowest BCUT2D eigenvalue weighted by molar-refractivity contribution is -0.116. The summed E-state index contributed by atoms with van der Waals surface area (Å²) in [6, 6.07) is 14.2. The number of hydrogen-bond donors (Lipinski definition) is 1. The number of rotatable bonds is 4. The minimum Gasteiger partial charge on any atom is -0.348 e. The molecule has 0 saturated carbocycles. The summed E-state index contributed by atoms with van der Waals surface area (Å²) in [6.07, 6.45) is 3.22. The van der Waals surface area contributed by atoms with E-state index in [1.165, 1.54) is 12.1 Å². The fraction of sp³-hybridized carbons (Fsp3) is 0.118. The van der Waals surface area contributed by atoms with Crippen molar-refractivity contribution in [2.24, 2.45) is 0 Å². The molecule has 1 N–H and O–H groups in total. The molecule has 0 atom stereocenters. The molecular formula is C17H16FNO. The van der Waals surface area contributed by atoms with Crippen molar-refractivity contribution in [3.05, 3.63) is 77.1 Å². The number of carbonyl (C=O) groups excluding carboxylic acids is 1. The quantitative estimate of drug-likeness (QED) is 0.846. The zero-order chi connectivity index (χ0) is 14.4. The predicted molar refractivity (Wildman–Crippen MR) is 78.5 cm³/mol.